The number of alkyl carbamates (subject to hydrolysis) is 1. The molecule has 3 aromatic rings. The summed E-state index contributed by atoms with van der Waals surface area (Å²) < 4.78 is 10.9. The molecule has 4 rings (SSSR count). The number of benzene rings is 3. The Bertz CT molecular complexity index is 1410. The Kier molecular flexibility index (Phi) is 10.8. The van der Waals surface area contributed by atoms with Crippen LogP contribution in [-0.2, 0) is 49.7 Å². The van der Waals surface area contributed by atoms with Gasteiger partial charge in [0.25, 0.3) is 0 Å². The van der Waals surface area contributed by atoms with Crippen molar-refractivity contribution in [2.45, 2.75) is 77.3 Å². The smallest absolute Gasteiger partial charge is 0.408 e. The summed E-state index contributed by atoms with van der Waals surface area (Å²) in [6.07, 6.45) is 0.636. The van der Waals surface area contributed by atoms with E-state index in [1.54, 1.807) is 27.7 Å². The van der Waals surface area contributed by atoms with Crippen LogP contribution in [0.2, 0.25) is 0 Å². The van der Waals surface area contributed by atoms with E-state index in [2.05, 4.69) is 10.6 Å². The van der Waals surface area contributed by atoms with Crippen LogP contribution < -0.4 is 10.6 Å². The zero-order valence-electron chi connectivity index (χ0n) is 25.7. The van der Waals surface area contributed by atoms with Crippen LogP contribution in [0.1, 0.15) is 49.9 Å². The molecule has 3 aromatic carbocycles. The molecule has 3 amide bonds. The monoisotopic (exact) mass is 599 g/mol. The third-order valence-corrected chi connectivity index (χ3v) is 7.29. The molecule has 2 N–H and O–H groups in total. The highest BCUT2D eigenvalue weighted by Crippen LogP contribution is 2.26. The molecule has 0 saturated heterocycles. The van der Waals surface area contributed by atoms with E-state index in [9.17, 15) is 19.2 Å². The largest absolute Gasteiger partial charge is 0.458 e. The molecule has 0 aromatic heterocycles. The lowest BCUT2D eigenvalue weighted by atomic mass is 10.1. The fourth-order valence-corrected chi connectivity index (χ4v) is 5.21. The van der Waals surface area contributed by atoms with Gasteiger partial charge in [0.1, 0.15) is 24.3 Å². The predicted octanol–water partition coefficient (Wildman–Crippen LogP) is 4.37. The maximum absolute atomic E-state index is 13.8. The van der Waals surface area contributed by atoms with Crippen molar-refractivity contribution < 1.29 is 28.7 Å². The SMILES string of the molecule is C[C@H](NC(=O)OCc1ccccc1)C(=O)N(CC(=O)N[C@@H](Cc1ccccc1)C(=O)OC(C)(C)C)C1Cc2ccccc2C1. The van der Waals surface area contributed by atoms with Crippen molar-refractivity contribution in [3.05, 3.63) is 107 Å². The van der Waals surface area contributed by atoms with Gasteiger partial charge in [0.05, 0.1) is 6.54 Å². The molecule has 0 fully saturated rings. The lowest BCUT2D eigenvalue weighted by molar-refractivity contribution is -0.158. The zero-order chi connectivity index (χ0) is 31.7. The average Bonchev–Trinajstić information content (AvgIpc) is 3.42. The summed E-state index contributed by atoms with van der Waals surface area (Å²) >= 11 is 0. The molecule has 9 heteroatoms. The summed E-state index contributed by atoms with van der Waals surface area (Å²) in [6.45, 7) is 6.64. The fraction of sp³-hybridized carbons (Fsp3) is 0.371. The topological polar surface area (TPSA) is 114 Å². The van der Waals surface area contributed by atoms with Crippen molar-refractivity contribution in [1.82, 2.24) is 15.5 Å². The number of nitrogens with one attached hydrogen (secondary N) is 2. The molecule has 1 aliphatic rings. The number of hydrogen-bond acceptors (Lipinski definition) is 6. The Morgan fingerprint density at radius 3 is 1.93 bits per heavy atom. The molecule has 0 aliphatic heterocycles. The third-order valence-electron chi connectivity index (χ3n) is 7.29. The minimum absolute atomic E-state index is 0.0606. The maximum atomic E-state index is 13.8. The number of carbonyl (C=O) groups is 4. The standard InChI is InChI=1S/C35H41N3O6/c1-24(36-34(42)43-23-26-15-9-6-10-16-26)32(40)38(29-20-27-17-11-12-18-28(27)21-29)22-31(39)37-30(33(41)44-35(2,3)4)19-25-13-7-5-8-14-25/h5-18,24,29-30H,19-23H2,1-4H3,(H,36,42)(H,37,39)/t24-,30-/m0/s1. The Labute approximate surface area is 258 Å². The van der Waals surface area contributed by atoms with Gasteiger partial charge in [0.2, 0.25) is 11.8 Å². The van der Waals surface area contributed by atoms with E-state index >= 15 is 0 Å². The summed E-state index contributed by atoms with van der Waals surface area (Å²) in [6, 6.07) is 24.3. The number of fused-ring (bicyclic) bond motifs is 1. The second-order valence-electron chi connectivity index (χ2n) is 12.1. The first kappa shape index (κ1) is 32.3. The Morgan fingerprint density at radius 1 is 0.818 bits per heavy atom. The van der Waals surface area contributed by atoms with E-state index in [1.807, 2.05) is 84.9 Å². The molecule has 0 radical (unpaired) electrons. The van der Waals surface area contributed by atoms with Crippen molar-refractivity contribution >= 4 is 23.9 Å². The first-order valence-electron chi connectivity index (χ1n) is 14.9. The Hall–Kier alpha value is -4.66. The molecule has 0 saturated carbocycles. The number of nitrogens with zero attached hydrogens (tertiary/aromatic N) is 1. The lowest BCUT2D eigenvalue weighted by Gasteiger charge is -2.32. The molecular formula is C35H41N3O6. The second-order valence-corrected chi connectivity index (χ2v) is 12.1. The number of carbonyl (C=O) groups excluding carboxylic acids is 4. The fourth-order valence-electron chi connectivity index (χ4n) is 5.21. The van der Waals surface area contributed by atoms with Crippen LogP contribution >= 0.6 is 0 Å². The predicted molar refractivity (Wildman–Crippen MR) is 166 cm³/mol. The molecule has 1 aliphatic carbocycles. The molecule has 2 atom stereocenters. The summed E-state index contributed by atoms with van der Waals surface area (Å²) in [5, 5.41) is 5.42. The van der Waals surface area contributed by atoms with Crippen molar-refractivity contribution in [3.63, 3.8) is 0 Å². The Balaban J connectivity index is 1.47. The zero-order valence-corrected chi connectivity index (χ0v) is 25.7. The van der Waals surface area contributed by atoms with E-state index < -0.39 is 41.6 Å². The molecule has 0 unspecified atom stereocenters. The van der Waals surface area contributed by atoms with Gasteiger partial charge < -0.3 is 25.0 Å². The third kappa shape index (κ3) is 9.42. The van der Waals surface area contributed by atoms with Crippen molar-refractivity contribution in [3.8, 4) is 0 Å². The molecule has 44 heavy (non-hydrogen) atoms. The molecule has 0 bridgehead atoms. The van der Waals surface area contributed by atoms with Gasteiger partial charge in [0.15, 0.2) is 0 Å². The van der Waals surface area contributed by atoms with Crippen LogP contribution in [0.15, 0.2) is 84.9 Å². The summed E-state index contributed by atoms with van der Waals surface area (Å²) in [7, 11) is 0. The van der Waals surface area contributed by atoms with Crippen LogP contribution in [-0.4, -0.2) is 59.0 Å². The van der Waals surface area contributed by atoms with E-state index in [0.717, 1.165) is 22.3 Å². The summed E-state index contributed by atoms with van der Waals surface area (Å²) in [4.78, 5) is 54.5. The molecule has 0 heterocycles. The van der Waals surface area contributed by atoms with Crippen LogP contribution in [0.4, 0.5) is 4.79 Å². The molecule has 0 spiro atoms. The highest BCUT2D eigenvalue weighted by Gasteiger charge is 2.35. The Morgan fingerprint density at radius 2 is 1.36 bits per heavy atom. The van der Waals surface area contributed by atoms with Gasteiger partial charge in [-0.2, -0.15) is 0 Å². The maximum Gasteiger partial charge on any atom is 0.408 e. The van der Waals surface area contributed by atoms with Gasteiger partial charge >= 0.3 is 12.1 Å². The highest BCUT2D eigenvalue weighted by atomic mass is 16.6. The van der Waals surface area contributed by atoms with Crippen LogP contribution in [0, 0.1) is 0 Å². The van der Waals surface area contributed by atoms with E-state index in [-0.39, 0.29) is 25.6 Å². The van der Waals surface area contributed by atoms with Crippen LogP contribution in [0.25, 0.3) is 0 Å². The van der Waals surface area contributed by atoms with E-state index in [0.29, 0.717) is 12.8 Å². The quantitative estimate of drug-likeness (QED) is 0.317. The average molecular weight is 600 g/mol. The molecule has 232 valence electrons. The van der Waals surface area contributed by atoms with Gasteiger partial charge in [-0.25, -0.2) is 9.59 Å². The van der Waals surface area contributed by atoms with E-state index in [1.165, 1.54) is 4.90 Å². The number of esters is 1. The normalized spacial score (nSPS) is 14.1. The van der Waals surface area contributed by atoms with Gasteiger partial charge in [-0.3, -0.25) is 9.59 Å². The summed E-state index contributed by atoms with van der Waals surface area (Å²) in [5.74, 6) is -1.48. The summed E-state index contributed by atoms with van der Waals surface area (Å²) in [5.41, 5.74) is 3.14. The first-order valence-corrected chi connectivity index (χ1v) is 14.9. The first-order chi connectivity index (χ1) is 21.0. The van der Waals surface area contributed by atoms with Gasteiger partial charge in [-0.1, -0.05) is 84.9 Å². The minimum Gasteiger partial charge on any atom is -0.458 e. The lowest BCUT2D eigenvalue weighted by Crippen LogP contribution is -2.55. The van der Waals surface area contributed by atoms with Crippen molar-refractivity contribution in [2.24, 2.45) is 0 Å². The highest BCUT2D eigenvalue weighted by molar-refractivity contribution is 5.91. The number of rotatable bonds is 11. The van der Waals surface area contributed by atoms with Crippen LogP contribution in [0.5, 0.6) is 0 Å². The minimum atomic E-state index is -0.958. The van der Waals surface area contributed by atoms with Gasteiger partial charge in [-0.05, 0) is 62.8 Å². The van der Waals surface area contributed by atoms with E-state index in [4.69, 9.17) is 9.47 Å². The molecular weight excluding hydrogens is 558 g/mol. The van der Waals surface area contributed by atoms with Crippen molar-refractivity contribution in [2.75, 3.05) is 6.54 Å². The number of ether oxygens (including phenoxy) is 2. The number of hydrogen-bond donors (Lipinski definition) is 2. The van der Waals surface area contributed by atoms with Crippen molar-refractivity contribution in [1.29, 1.82) is 0 Å². The number of amides is 3. The molecule has 9 nitrogen and oxygen atoms in total. The van der Waals surface area contributed by atoms with Gasteiger partial charge in [-0.15, -0.1) is 0 Å². The second kappa shape index (κ2) is 14.7. The van der Waals surface area contributed by atoms with Gasteiger partial charge in [0, 0.05) is 12.5 Å². The van der Waals surface area contributed by atoms with Crippen LogP contribution in [0.3, 0.4) is 0 Å².